The number of hydrogen-bond acceptors (Lipinski definition) is 5. The lowest BCUT2D eigenvalue weighted by molar-refractivity contribution is -0.137. The fourth-order valence-corrected chi connectivity index (χ4v) is 3.79. The van der Waals surface area contributed by atoms with Crippen LogP contribution in [0.5, 0.6) is 0 Å². The second-order valence-corrected chi connectivity index (χ2v) is 8.31. The Labute approximate surface area is 192 Å². The minimum absolute atomic E-state index is 0.0368. The van der Waals surface area contributed by atoms with E-state index < -0.39 is 17.6 Å². The van der Waals surface area contributed by atoms with Crippen molar-refractivity contribution in [2.45, 2.75) is 31.6 Å². The molecule has 3 aromatic rings. The summed E-state index contributed by atoms with van der Waals surface area (Å²) in [6.07, 6.45) is -4.68. The fraction of sp³-hybridized carbons (Fsp3) is 0.273. The van der Waals surface area contributed by atoms with Gasteiger partial charge in [-0.15, -0.1) is 10.2 Å². The summed E-state index contributed by atoms with van der Waals surface area (Å²) in [6, 6.07) is 10.1. The fourth-order valence-electron chi connectivity index (χ4n) is 3.06. The number of aromatic nitrogens is 3. The maximum absolute atomic E-state index is 12.8. The van der Waals surface area contributed by atoms with Gasteiger partial charge in [-0.05, 0) is 43.2 Å². The Hall–Kier alpha value is -3.34. The van der Waals surface area contributed by atoms with Crippen LogP contribution < -0.4 is 10.6 Å². The highest BCUT2D eigenvalue weighted by Gasteiger charge is 2.30. The number of aryl methyl sites for hydroxylation is 2. The van der Waals surface area contributed by atoms with Crippen molar-refractivity contribution < 1.29 is 22.8 Å². The summed E-state index contributed by atoms with van der Waals surface area (Å²) in [5, 5.41) is 13.7. The highest BCUT2D eigenvalue weighted by molar-refractivity contribution is 7.99. The summed E-state index contributed by atoms with van der Waals surface area (Å²) < 4.78 is 40.1. The molecular weight excluding hydrogens is 455 g/mol. The molecule has 33 heavy (non-hydrogen) atoms. The van der Waals surface area contributed by atoms with Crippen LogP contribution in [0.2, 0.25) is 0 Å². The van der Waals surface area contributed by atoms with Gasteiger partial charge >= 0.3 is 6.18 Å². The van der Waals surface area contributed by atoms with Gasteiger partial charge in [0.25, 0.3) is 0 Å². The molecule has 0 atom stereocenters. The first-order valence-electron chi connectivity index (χ1n) is 9.89. The highest BCUT2D eigenvalue weighted by atomic mass is 32.2. The Morgan fingerprint density at radius 1 is 1.00 bits per heavy atom. The van der Waals surface area contributed by atoms with E-state index in [-0.39, 0.29) is 23.8 Å². The standard InChI is InChI=1S/C22H22F3N5O2S/c1-13-6-4-7-14(2)20(13)27-19(32)12-33-21-29-28-17(30(21)3)11-18(31)26-16-9-5-8-15(10-16)22(23,24)25/h4-10H,11-12H2,1-3H3,(H,26,31)(H,27,32). The lowest BCUT2D eigenvalue weighted by Crippen LogP contribution is -2.18. The van der Waals surface area contributed by atoms with E-state index in [1.54, 1.807) is 11.6 Å². The number of anilines is 2. The number of halogens is 3. The van der Waals surface area contributed by atoms with Crippen molar-refractivity contribution in [3.05, 3.63) is 65.0 Å². The largest absolute Gasteiger partial charge is 0.416 e. The van der Waals surface area contributed by atoms with Gasteiger partial charge in [0.1, 0.15) is 5.82 Å². The first-order chi connectivity index (χ1) is 15.5. The summed E-state index contributed by atoms with van der Waals surface area (Å²) >= 11 is 1.16. The van der Waals surface area contributed by atoms with Crippen molar-refractivity contribution in [1.82, 2.24) is 14.8 Å². The molecule has 0 saturated heterocycles. The maximum atomic E-state index is 12.8. The van der Waals surface area contributed by atoms with Crippen LogP contribution in [0.3, 0.4) is 0 Å². The number of alkyl halides is 3. The second-order valence-electron chi connectivity index (χ2n) is 7.36. The maximum Gasteiger partial charge on any atom is 0.416 e. The van der Waals surface area contributed by atoms with E-state index in [9.17, 15) is 22.8 Å². The third kappa shape index (κ3) is 6.35. The van der Waals surface area contributed by atoms with Crippen LogP contribution in [0.25, 0.3) is 0 Å². The predicted molar refractivity (Wildman–Crippen MR) is 120 cm³/mol. The van der Waals surface area contributed by atoms with E-state index in [1.807, 2.05) is 32.0 Å². The van der Waals surface area contributed by atoms with Crippen molar-refractivity contribution in [1.29, 1.82) is 0 Å². The van der Waals surface area contributed by atoms with Gasteiger partial charge in [-0.25, -0.2) is 0 Å². The quantitative estimate of drug-likeness (QED) is 0.494. The molecule has 0 bridgehead atoms. The van der Waals surface area contributed by atoms with Crippen LogP contribution in [0.15, 0.2) is 47.6 Å². The summed E-state index contributed by atoms with van der Waals surface area (Å²) in [4.78, 5) is 24.6. The number of amides is 2. The van der Waals surface area contributed by atoms with Crippen LogP contribution in [0, 0.1) is 13.8 Å². The van der Waals surface area contributed by atoms with Crippen LogP contribution in [0.4, 0.5) is 24.5 Å². The molecule has 0 radical (unpaired) electrons. The zero-order valence-electron chi connectivity index (χ0n) is 18.2. The third-order valence-corrected chi connectivity index (χ3v) is 5.82. The average Bonchev–Trinajstić information content (AvgIpc) is 3.08. The lowest BCUT2D eigenvalue weighted by atomic mass is 10.1. The topological polar surface area (TPSA) is 88.9 Å². The smallest absolute Gasteiger partial charge is 0.326 e. The molecule has 0 aliphatic carbocycles. The number of nitrogens with zero attached hydrogens (tertiary/aromatic N) is 3. The van der Waals surface area contributed by atoms with Gasteiger partial charge in [0.05, 0.1) is 17.7 Å². The van der Waals surface area contributed by atoms with E-state index in [0.29, 0.717) is 11.0 Å². The average molecular weight is 478 g/mol. The molecule has 1 heterocycles. The summed E-state index contributed by atoms with van der Waals surface area (Å²) in [5.74, 6) is -0.327. The molecule has 0 aliphatic heterocycles. The van der Waals surface area contributed by atoms with Gasteiger partial charge in [-0.2, -0.15) is 13.2 Å². The number of benzene rings is 2. The van der Waals surface area contributed by atoms with Gasteiger partial charge < -0.3 is 15.2 Å². The molecular formula is C22H22F3N5O2S. The van der Waals surface area contributed by atoms with E-state index in [0.717, 1.165) is 40.7 Å². The Morgan fingerprint density at radius 3 is 2.33 bits per heavy atom. The van der Waals surface area contributed by atoms with Crippen molar-refractivity contribution in [3.63, 3.8) is 0 Å². The van der Waals surface area contributed by atoms with E-state index in [1.165, 1.54) is 12.1 Å². The zero-order chi connectivity index (χ0) is 24.2. The third-order valence-electron chi connectivity index (χ3n) is 4.80. The summed E-state index contributed by atoms with van der Waals surface area (Å²) in [5.41, 5.74) is 1.88. The van der Waals surface area contributed by atoms with Crippen molar-refractivity contribution >= 4 is 35.0 Å². The monoisotopic (exact) mass is 477 g/mol. The number of para-hydroxylation sites is 1. The second kappa shape index (κ2) is 10.1. The first-order valence-corrected chi connectivity index (χ1v) is 10.9. The number of thioether (sulfide) groups is 1. The van der Waals surface area contributed by atoms with Crippen molar-refractivity contribution in [2.75, 3.05) is 16.4 Å². The number of rotatable bonds is 7. The van der Waals surface area contributed by atoms with Crippen LogP contribution in [0.1, 0.15) is 22.5 Å². The number of carbonyl (C=O) groups is 2. The Balaban J connectivity index is 1.57. The Kier molecular flexibility index (Phi) is 7.42. The van der Waals surface area contributed by atoms with E-state index in [2.05, 4.69) is 20.8 Å². The molecule has 2 amide bonds. The normalized spacial score (nSPS) is 11.3. The number of carbonyl (C=O) groups excluding carboxylic acids is 2. The molecule has 0 unspecified atom stereocenters. The SMILES string of the molecule is Cc1cccc(C)c1NC(=O)CSc1nnc(CC(=O)Nc2cccc(C(F)(F)F)c2)n1C. The van der Waals surface area contributed by atoms with Gasteiger partial charge in [-0.1, -0.05) is 36.0 Å². The molecule has 7 nitrogen and oxygen atoms in total. The van der Waals surface area contributed by atoms with Crippen LogP contribution in [-0.2, 0) is 29.2 Å². The van der Waals surface area contributed by atoms with Crippen LogP contribution in [-0.4, -0.2) is 32.3 Å². The molecule has 1 aromatic heterocycles. The molecule has 11 heteroatoms. The van der Waals surface area contributed by atoms with Gasteiger partial charge in [0.2, 0.25) is 11.8 Å². The van der Waals surface area contributed by atoms with Crippen LogP contribution >= 0.6 is 11.8 Å². The molecule has 2 aromatic carbocycles. The van der Waals surface area contributed by atoms with Crippen molar-refractivity contribution in [2.24, 2.45) is 7.05 Å². The molecule has 3 rings (SSSR count). The highest BCUT2D eigenvalue weighted by Crippen LogP contribution is 2.30. The lowest BCUT2D eigenvalue weighted by Gasteiger charge is -2.11. The summed E-state index contributed by atoms with van der Waals surface area (Å²) in [6.45, 7) is 3.82. The van der Waals surface area contributed by atoms with Gasteiger partial charge in [0.15, 0.2) is 5.16 Å². The summed E-state index contributed by atoms with van der Waals surface area (Å²) in [7, 11) is 1.65. The molecule has 0 aliphatic rings. The van der Waals surface area contributed by atoms with E-state index in [4.69, 9.17) is 0 Å². The molecule has 0 fully saturated rings. The van der Waals surface area contributed by atoms with E-state index >= 15 is 0 Å². The first kappa shape index (κ1) is 24.3. The number of hydrogen-bond donors (Lipinski definition) is 2. The molecule has 174 valence electrons. The van der Waals surface area contributed by atoms with Gasteiger partial charge in [0, 0.05) is 18.4 Å². The minimum Gasteiger partial charge on any atom is -0.326 e. The molecule has 0 spiro atoms. The number of nitrogens with one attached hydrogen (secondary N) is 2. The molecule has 2 N–H and O–H groups in total. The molecule has 0 saturated carbocycles. The van der Waals surface area contributed by atoms with Gasteiger partial charge in [-0.3, -0.25) is 9.59 Å². The minimum atomic E-state index is -4.50. The Bertz CT molecular complexity index is 1160. The predicted octanol–water partition coefficient (Wildman–Crippen LogP) is 4.36. The zero-order valence-corrected chi connectivity index (χ0v) is 19.0. The Morgan fingerprint density at radius 2 is 1.67 bits per heavy atom. The van der Waals surface area contributed by atoms with Crippen molar-refractivity contribution in [3.8, 4) is 0 Å².